The lowest BCUT2D eigenvalue weighted by molar-refractivity contribution is -0.0482. The average Bonchev–Trinajstić information content (AvgIpc) is 3.57. The molecule has 4 aromatic rings. The topological polar surface area (TPSA) is 98.5 Å². The summed E-state index contributed by atoms with van der Waals surface area (Å²) >= 11 is 0. The highest BCUT2D eigenvalue weighted by atomic mass is 16.5. The lowest BCUT2D eigenvalue weighted by atomic mass is 10.1. The van der Waals surface area contributed by atoms with Crippen LogP contribution in [0.15, 0.2) is 43.2 Å². The van der Waals surface area contributed by atoms with Gasteiger partial charge in [0, 0.05) is 50.3 Å². The van der Waals surface area contributed by atoms with Crippen LogP contribution in [0.1, 0.15) is 32.7 Å². The molecule has 0 radical (unpaired) electrons. The van der Waals surface area contributed by atoms with Crippen molar-refractivity contribution in [1.82, 2.24) is 39.1 Å². The first kappa shape index (κ1) is 22.7. The van der Waals surface area contributed by atoms with Gasteiger partial charge in [0.15, 0.2) is 0 Å². The number of rotatable bonds is 10. The van der Waals surface area contributed by atoms with E-state index in [0.29, 0.717) is 19.1 Å². The molecular formula is C24H32N8O2. The van der Waals surface area contributed by atoms with Gasteiger partial charge in [-0.05, 0) is 18.9 Å². The largest absolute Gasteiger partial charge is 0.390 e. The standard InChI is InChI=1S/C24H32N8O2/c1-4-19(5-2)31-11-18(9-27-31)24-23-6-7-25-32(23)16-22(28-24)17-8-26-30(10-17)13-20(33)12-29-14-21(15-29)34-3/h6-11,16,19-21,33H,4-5,12-15H2,1-3H3. The molecule has 4 aromatic heterocycles. The summed E-state index contributed by atoms with van der Waals surface area (Å²) in [5.41, 5.74) is 4.38. The number of methoxy groups -OCH3 is 1. The maximum absolute atomic E-state index is 10.5. The van der Waals surface area contributed by atoms with Gasteiger partial charge in [0.1, 0.15) is 0 Å². The fourth-order valence-corrected chi connectivity index (χ4v) is 4.59. The summed E-state index contributed by atoms with van der Waals surface area (Å²) < 4.78 is 10.9. The van der Waals surface area contributed by atoms with E-state index < -0.39 is 6.10 Å². The Hall–Kier alpha value is -3.08. The van der Waals surface area contributed by atoms with Crippen molar-refractivity contribution < 1.29 is 9.84 Å². The van der Waals surface area contributed by atoms with E-state index in [4.69, 9.17) is 9.72 Å². The number of hydrogen-bond acceptors (Lipinski definition) is 7. The van der Waals surface area contributed by atoms with Crippen LogP contribution in [-0.4, -0.2) is 83.1 Å². The molecule has 180 valence electrons. The lowest BCUT2D eigenvalue weighted by Gasteiger charge is -2.39. The number of aliphatic hydroxyl groups is 1. The molecule has 1 N–H and O–H groups in total. The van der Waals surface area contributed by atoms with Gasteiger partial charge in [0.2, 0.25) is 0 Å². The Kier molecular flexibility index (Phi) is 6.44. The smallest absolute Gasteiger partial charge is 0.0999 e. The first-order chi connectivity index (χ1) is 16.6. The van der Waals surface area contributed by atoms with Gasteiger partial charge in [-0.15, -0.1) is 0 Å². The fraction of sp³-hybridized carbons (Fsp3) is 0.500. The van der Waals surface area contributed by atoms with Crippen LogP contribution in [0.25, 0.3) is 28.0 Å². The summed E-state index contributed by atoms with van der Waals surface area (Å²) in [6.45, 7) is 7.12. The highest BCUT2D eigenvalue weighted by Crippen LogP contribution is 2.28. The lowest BCUT2D eigenvalue weighted by Crippen LogP contribution is -2.54. The van der Waals surface area contributed by atoms with E-state index in [1.807, 2.05) is 33.9 Å². The van der Waals surface area contributed by atoms with E-state index in [9.17, 15) is 5.11 Å². The van der Waals surface area contributed by atoms with Crippen LogP contribution in [0, 0.1) is 0 Å². The first-order valence-corrected chi connectivity index (χ1v) is 11.9. The molecule has 1 fully saturated rings. The molecule has 1 unspecified atom stereocenters. The second-order valence-corrected chi connectivity index (χ2v) is 9.00. The van der Waals surface area contributed by atoms with Gasteiger partial charge < -0.3 is 9.84 Å². The summed E-state index contributed by atoms with van der Waals surface area (Å²) in [7, 11) is 1.73. The Labute approximate surface area is 198 Å². The molecule has 0 amide bonds. The minimum absolute atomic E-state index is 0.280. The molecule has 10 nitrogen and oxygen atoms in total. The van der Waals surface area contributed by atoms with Crippen molar-refractivity contribution in [3.63, 3.8) is 0 Å². The Morgan fingerprint density at radius 2 is 1.82 bits per heavy atom. The number of fused-ring (bicyclic) bond motifs is 1. The van der Waals surface area contributed by atoms with Crippen molar-refractivity contribution in [3.05, 3.63) is 43.2 Å². The van der Waals surface area contributed by atoms with E-state index in [-0.39, 0.29) is 6.10 Å². The van der Waals surface area contributed by atoms with Crippen molar-refractivity contribution in [2.24, 2.45) is 0 Å². The van der Waals surface area contributed by atoms with E-state index in [1.165, 1.54) is 0 Å². The third kappa shape index (κ3) is 4.48. The Morgan fingerprint density at radius 1 is 1.03 bits per heavy atom. The molecule has 1 aliphatic heterocycles. The number of ether oxygens (including phenoxy) is 1. The molecule has 1 atom stereocenters. The SMILES string of the molecule is CCC(CC)n1cc(-c2nc(-c3cnn(CC(O)CN4CC(OC)C4)c3)cn3nccc23)cn1. The molecule has 0 bridgehead atoms. The van der Waals surface area contributed by atoms with Crippen LogP contribution in [0.4, 0.5) is 0 Å². The van der Waals surface area contributed by atoms with Crippen molar-refractivity contribution >= 4 is 5.52 Å². The van der Waals surface area contributed by atoms with Crippen molar-refractivity contribution in [2.75, 3.05) is 26.7 Å². The first-order valence-electron chi connectivity index (χ1n) is 11.9. The zero-order chi connectivity index (χ0) is 23.7. The predicted octanol–water partition coefficient (Wildman–Crippen LogP) is 2.51. The van der Waals surface area contributed by atoms with Gasteiger partial charge in [0.05, 0.1) is 66.5 Å². The summed E-state index contributed by atoms with van der Waals surface area (Å²) in [4.78, 5) is 7.15. The molecule has 10 heteroatoms. The molecule has 5 heterocycles. The summed E-state index contributed by atoms with van der Waals surface area (Å²) in [6, 6.07) is 2.34. The van der Waals surface area contributed by atoms with Gasteiger partial charge >= 0.3 is 0 Å². The molecular weight excluding hydrogens is 432 g/mol. The molecule has 0 aromatic carbocycles. The third-order valence-electron chi connectivity index (χ3n) is 6.63. The maximum Gasteiger partial charge on any atom is 0.0999 e. The monoisotopic (exact) mass is 464 g/mol. The van der Waals surface area contributed by atoms with Gasteiger partial charge in [-0.1, -0.05) is 13.8 Å². The van der Waals surface area contributed by atoms with Crippen molar-refractivity contribution in [1.29, 1.82) is 0 Å². The predicted molar refractivity (Wildman–Crippen MR) is 128 cm³/mol. The number of likely N-dealkylation sites (tertiary alicyclic amines) is 1. The zero-order valence-electron chi connectivity index (χ0n) is 19.9. The quantitative estimate of drug-likeness (QED) is 0.385. The van der Waals surface area contributed by atoms with Crippen LogP contribution >= 0.6 is 0 Å². The highest BCUT2D eigenvalue weighted by Gasteiger charge is 2.28. The second-order valence-electron chi connectivity index (χ2n) is 9.00. The summed E-state index contributed by atoms with van der Waals surface area (Å²) in [5, 5.41) is 24.0. The Balaban J connectivity index is 1.36. The second kappa shape index (κ2) is 9.65. The van der Waals surface area contributed by atoms with Gasteiger partial charge in [-0.25, -0.2) is 9.50 Å². The summed E-state index contributed by atoms with van der Waals surface area (Å²) in [6.07, 6.45) is 13.2. The Bertz CT molecular complexity index is 1230. The van der Waals surface area contributed by atoms with E-state index >= 15 is 0 Å². The zero-order valence-corrected chi connectivity index (χ0v) is 19.9. The molecule has 0 aliphatic carbocycles. The van der Waals surface area contributed by atoms with Crippen LogP contribution in [0.3, 0.4) is 0 Å². The molecule has 0 saturated carbocycles. The number of aromatic nitrogens is 7. The number of nitrogens with zero attached hydrogens (tertiary/aromatic N) is 8. The molecule has 0 spiro atoms. The third-order valence-corrected chi connectivity index (χ3v) is 6.63. The van der Waals surface area contributed by atoms with Crippen molar-refractivity contribution in [3.8, 4) is 22.5 Å². The normalized spacial score (nSPS) is 15.9. The van der Waals surface area contributed by atoms with Crippen LogP contribution in [0.5, 0.6) is 0 Å². The van der Waals surface area contributed by atoms with E-state index in [2.05, 4.69) is 40.2 Å². The van der Waals surface area contributed by atoms with Crippen LogP contribution in [0.2, 0.25) is 0 Å². The molecule has 5 rings (SSSR count). The number of β-amino-alcohol motifs (C(OH)–C–C–N with tert-alkyl or cyclic N) is 1. The maximum atomic E-state index is 10.5. The molecule has 34 heavy (non-hydrogen) atoms. The molecule has 1 aliphatic rings. The van der Waals surface area contributed by atoms with Crippen LogP contribution < -0.4 is 0 Å². The van der Waals surface area contributed by atoms with E-state index in [0.717, 1.165) is 54.0 Å². The van der Waals surface area contributed by atoms with Crippen LogP contribution in [-0.2, 0) is 11.3 Å². The summed E-state index contributed by atoms with van der Waals surface area (Å²) in [5.74, 6) is 0. The fourth-order valence-electron chi connectivity index (χ4n) is 4.59. The minimum Gasteiger partial charge on any atom is -0.390 e. The van der Waals surface area contributed by atoms with E-state index in [1.54, 1.807) is 24.2 Å². The number of hydrogen-bond donors (Lipinski definition) is 1. The molecule has 1 saturated heterocycles. The highest BCUT2D eigenvalue weighted by molar-refractivity contribution is 5.78. The Morgan fingerprint density at radius 3 is 2.59 bits per heavy atom. The number of aliphatic hydroxyl groups excluding tert-OH is 1. The minimum atomic E-state index is -0.501. The van der Waals surface area contributed by atoms with Gasteiger partial charge in [-0.3, -0.25) is 14.3 Å². The average molecular weight is 465 g/mol. The van der Waals surface area contributed by atoms with Crippen molar-refractivity contribution in [2.45, 2.75) is 51.5 Å². The van der Waals surface area contributed by atoms with Gasteiger partial charge in [-0.2, -0.15) is 15.3 Å². The van der Waals surface area contributed by atoms with Gasteiger partial charge in [0.25, 0.3) is 0 Å².